The first-order valence-electron chi connectivity index (χ1n) is 7.46. The Labute approximate surface area is 145 Å². The molecule has 0 atom stereocenters. The fraction of sp³-hybridized carbons (Fsp3) is 0.150. The highest BCUT2D eigenvalue weighted by Crippen LogP contribution is 2.19. The summed E-state index contributed by atoms with van der Waals surface area (Å²) in [5.41, 5.74) is 2.05. The summed E-state index contributed by atoms with van der Waals surface area (Å²) in [7, 11) is 1.23. The summed E-state index contributed by atoms with van der Waals surface area (Å²) in [6.07, 6.45) is 0.0729. The van der Waals surface area contributed by atoms with E-state index in [0.717, 1.165) is 5.56 Å². The maximum absolute atomic E-state index is 11.6. The SMILES string of the molecule is COC(=O)c1cc(C#Cc2ccc(CC(=O)C(C)=O)cc2)ccc1O. The molecule has 2 rings (SSSR count). The van der Waals surface area contributed by atoms with E-state index < -0.39 is 17.5 Å². The number of aromatic hydroxyl groups is 1. The number of ether oxygens (including phenoxy) is 1. The van der Waals surface area contributed by atoms with Gasteiger partial charge in [-0.3, -0.25) is 9.59 Å². The van der Waals surface area contributed by atoms with Crippen LogP contribution in [0.15, 0.2) is 42.5 Å². The molecule has 1 N–H and O–H groups in total. The number of esters is 1. The Hall–Kier alpha value is -3.39. The number of phenolic OH excluding ortho intramolecular Hbond substituents is 1. The molecule has 5 heteroatoms. The van der Waals surface area contributed by atoms with Crippen molar-refractivity contribution in [1.29, 1.82) is 0 Å². The number of phenols is 1. The summed E-state index contributed by atoms with van der Waals surface area (Å²) >= 11 is 0. The quantitative estimate of drug-likeness (QED) is 0.526. The first-order chi connectivity index (χ1) is 11.9. The molecule has 0 fully saturated rings. The Morgan fingerprint density at radius 3 is 2.20 bits per heavy atom. The Bertz CT molecular complexity index is 883. The van der Waals surface area contributed by atoms with Gasteiger partial charge in [-0.2, -0.15) is 0 Å². The van der Waals surface area contributed by atoms with E-state index in [4.69, 9.17) is 0 Å². The van der Waals surface area contributed by atoms with Crippen LogP contribution < -0.4 is 0 Å². The third kappa shape index (κ3) is 4.79. The minimum absolute atomic E-state index is 0.0485. The number of carbonyl (C=O) groups is 3. The summed E-state index contributed by atoms with van der Waals surface area (Å²) < 4.78 is 4.60. The topological polar surface area (TPSA) is 80.7 Å². The molecule has 0 radical (unpaired) electrons. The number of carbonyl (C=O) groups excluding carboxylic acids is 3. The first kappa shape index (κ1) is 18.0. The second-order valence-electron chi connectivity index (χ2n) is 5.33. The van der Waals surface area contributed by atoms with Gasteiger partial charge in [-0.05, 0) is 35.9 Å². The number of benzene rings is 2. The molecule has 0 amide bonds. The average molecular weight is 336 g/mol. The van der Waals surface area contributed by atoms with Crippen LogP contribution in [0.5, 0.6) is 5.75 Å². The monoisotopic (exact) mass is 336 g/mol. The van der Waals surface area contributed by atoms with Crippen molar-refractivity contribution in [2.75, 3.05) is 7.11 Å². The number of rotatable bonds is 4. The zero-order valence-corrected chi connectivity index (χ0v) is 13.8. The summed E-state index contributed by atoms with van der Waals surface area (Å²) in [6.45, 7) is 1.25. The fourth-order valence-electron chi connectivity index (χ4n) is 2.05. The zero-order chi connectivity index (χ0) is 18.4. The molecule has 0 aromatic heterocycles. The largest absolute Gasteiger partial charge is 0.507 e. The number of Topliss-reactive ketones (excluding diaryl/α,β-unsaturated/α-hetero) is 2. The second-order valence-corrected chi connectivity index (χ2v) is 5.33. The third-order valence-electron chi connectivity index (χ3n) is 3.46. The van der Waals surface area contributed by atoms with Crippen molar-refractivity contribution in [3.05, 3.63) is 64.7 Å². The van der Waals surface area contributed by atoms with E-state index >= 15 is 0 Å². The summed E-state index contributed by atoms with van der Waals surface area (Å²) in [5, 5.41) is 9.66. The van der Waals surface area contributed by atoms with Crippen LogP contribution in [0.3, 0.4) is 0 Å². The molecular formula is C20H16O5. The number of hydrogen-bond acceptors (Lipinski definition) is 5. The Morgan fingerprint density at radius 2 is 1.60 bits per heavy atom. The molecule has 0 aliphatic carbocycles. The predicted molar refractivity (Wildman–Crippen MR) is 91.3 cm³/mol. The molecule has 0 bridgehead atoms. The molecule has 0 aliphatic heterocycles. The fourth-order valence-corrected chi connectivity index (χ4v) is 2.05. The molecule has 126 valence electrons. The molecule has 0 unspecified atom stereocenters. The molecule has 2 aromatic carbocycles. The molecule has 2 aromatic rings. The highest BCUT2D eigenvalue weighted by molar-refractivity contribution is 6.36. The highest BCUT2D eigenvalue weighted by Gasteiger charge is 2.11. The smallest absolute Gasteiger partial charge is 0.341 e. The Morgan fingerprint density at radius 1 is 1.00 bits per heavy atom. The molecule has 0 aliphatic rings. The molecule has 0 saturated carbocycles. The summed E-state index contributed by atoms with van der Waals surface area (Å²) in [4.78, 5) is 33.9. The molecule has 0 saturated heterocycles. The van der Waals surface area contributed by atoms with Gasteiger partial charge in [0.25, 0.3) is 0 Å². The predicted octanol–water partition coefficient (Wildman–Crippen LogP) is 2.28. The van der Waals surface area contributed by atoms with E-state index in [1.165, 1.54) is 26.2 Å². The maximum atomic E-state index is 11.6. The number of hydrogen-bond donors (Lipinski definition) is 1. The van der Waals surface area contributed by atoms with Crippen LogP contribution in [0.1, 0.15) is 34.0 Å². The lowest BCUT2D eigenvalue weighted by Crippen LogP contribution is -2.12. The van der Waals surface area contributed by atoms with Crippen molar-refractivity contribution in [1.82, 2.24) is 0 Å². The molecule has 5 nitrogen and oxygen atoms in total. The summed E-state index contributed by atoms with van der Waals surface area (Å²) in [6, 6.07) is 11.4. The minimum Gasteiger partial charge on any atom is -0.507 e. The van der Waals surface area contributed by atoms with E-state index in [-0.39, 0.29) is 17.7 Å². The van der Waals surface area contributed by atoms with E-state index in [9.17, 15) is 19.5 Å². The van der Waals surface area contributed by atoms with Crippen LogP contribution in [0.25, 0.3) is 0 Å². The van der Waals surface area contributed by atoms with Crippen molar-refractivity contribution in [3.63, 3.8) is 0 Å². The van der Waals surface area contributed by atoms with Gasteiger partial charge in [0.15, 0.2) is 5.78 Å². The normalized spacial score (nSPS) is 9.68. The Balaban J connectivity index is 2.17. The van der Waals surface area contributed by atoms with E-state index in [1.54, 1.807) is 30.3 Å². The van der Waals surface area contributed by atoms with Crippen molar-refractivity contribution in [2.24, 2.45) is 0 Å². The molecule has 0 heterocycles. The minimum atomic E-state index is -0.638. The van der Waals surface area contributed by atoms with Gasteiger partial charge in [0.05, 0.1) is 7.11 Å². The number of methoxy groups -OCH3 is 1. The van der Waals surface area contributed by atoms with Gasteiger partial charge in [-0.15, -0.1) is 0 Å². The van der Waals surface area contributed by atoms with Gasteiger partial charge in [0, 0.05) is 24.5 Å². The average Bonchev–Trinajstić information content (AvgIpc) is 2.61. The zero-order valence-electron chi connectivity index (χ0n) is 13.8. The van der Waals surface area contributed by atoms with Crippen LogP contribution in [0.4, 0.5) is 0 Å². The molecular weight excluding hydrogens is 320 g/mol. The van der Waals surface area contributed by atoms with Crippen molar-refractivity contribution >= 4 is 17.5 Å². The standard InChI is InChI=1S/C20H16O5/c1-13(21)19(23)12-16-7-4-14(5-8-16)3-6-15-9-10-18(22)17(11-15)20(24)25-2/h4-5,7-11,22H,12H2,1-2H3. The van der Waals surface area contributed by atoms with Crippen molar-refractivity contribution in [3.8, 4) is 17.6 Å². The highest BCUT2D eigenvalue weighted by atomic mass is 16.5. The second kappa shape index (κ2) is 7.93. The van der Waals surface area contributed by atoms with Gasteiger partial charge in [0.2, 0.25) is 5.78 Å². The van der Waals surface area contributed by atoms with E-state index in [1.807, 2.05) is 0 Å². The van der Waals surface area contributed by atoms with Crippen LogP contribution in [-0.4, -0.2) is 29.8 Å². The van der Waals surface area contributed by atoms with Gasteiger partial charge in [-0.1, -0.05) is 24.0 Å². The lowest BCUT2D eigenvalue weighted by atomic mass is 10.0. The van der Waals surface area contributed by atoms with Gasteiger partial charge < -0.3 is 9.84 Å². The molecule has 0 spiro atoms. The summed E-state index contributed by atoms with van der Waals surface area (Å²) in [5.74, 6) is 4.13. The van der Waals surface area contributed by atoms with E-state index in [2.05, 4.69) is 16.6 Å². The van der Waals surface area contributed by atoms with Gasteiger partial charge in [0.1, 0.15) is 11.3 Å². The third-order valence-corrected chi connectivity index (χ3v) is 3.46. The van der Waals surface area contributed by atoms with Crippen LogP contribution in [0.2, 0.25) is 0 Å². The van der Waals surface area contributed by atoms with Crippen LogP contribution >= 0.6 is 0 Å². The first-order valence-corrected chi connectivity index (χ1v) is 7.46. The lowest BCUT2D eigenvalue weighted by molar-refractivity contribution is -0.134. The maximum Gasteiger partial charge on any atom is 0.341 e. The van der Waals surface area contributed by atoms with Crippen molar-refractivity contribution in [2.45, 2.75) is 13.3 Å². The number of ketones is 2. The van der Waals surface area contributed by atoms with E-state index in [0.29, 0.717) is 11.1 Å². The molecule has 25 heavy (non-hydrogen) atoms. The van der Waals surface area contributed by atoms with Crippen LogP contribution in [0, 0.1) is 11.8 Å². The lowest BCUT2D eigenvalue weighted by Gasteiger charge is -2.02. The van der Waals surface area contributed by atoms with Gasteiger partial charge in [-0.25, -0.2) is 4.79 Å². The van der Waals surface area contributed by atoms with Crippen molar-refractivity contribution < 1.29 is 24.2 Å². The Kier molecular flexibility index (Phi) is 5.70. The van der Waals surface area contributed by atoms with Crippen LogP contribution in [-0.2, 0) is 20.7 Å². The van der Waals surface area contributed by atoms with Gasteiger partial charge >= 0.3 is 5.97 Å².